The predicted molar refractivity (Wildman–Crippen MR) is 96.5 cm³/mol. The number of rotatable bonds is 9. The minimum atomic E-state index is 0.0500. The number of piperidine rings is 1. The number of likely N-dealkylation sites (tertiary alicyclic amines) is 1. The molecule has 0 unspecified atom stereocenters. The van der Waals surface area contributed by atoms with Crippen LogP contribution in [0.2, 0.25) is 0 Å². The van der Waals surface area contributed by atoms with E-state index in [0.717, 1.165) is 62.9 Å². The van der Waals surface area contributed by atoms with E-state index < -0.39 is 0 Å². The van der Waals surface area contributed by atoms with Crippen molar-refractivity contribution >= 4 is 17.5 Å². The molecule has 1 aromatic rings. The van der Waals surface area contributed by atoms with E-state index in [4.69, 9.17) is 5.73 Å². The second-order valence-electron chi connectivity index (χ2n) is 6.47. The van der Waals surface area contributed by atoms with Crippen molar-refractivity contribution in [1.82, 2.24) is 4.90 Å². The highest BCUT2D eigenvalue weighted by molar-refractivity contribution is 5.90. The molecule has 2 rings (SSSR count). The first kappa shape index (κ1) is 18.5. The van der Waals surface area contributed by atoms with Crippen molar-refractivity contribution < 1.29 is 9.59 Å². The number of hydrogen-bond donors (Lipinski definition) is 2. The van der Waals surface area contributed by atoms with Crippen LogP contribution in [0.25, 0.3) is 0 Å². The van der Waals surface area contributed by atoms with Crippen LogP contribution in [-0.2, 0) is 16.1 Å². The van der Waals surface area contributed by atoms with Crippen LogP contribution in [0.1, 0.15) is 56.9 Å². The zero-order valence-electron chi connectivity index (χ0n) is 14.4. The molecule has 1 aromatic carbocycles. The number of carbonyl (C=O) groups excluding carboxylic acids is 2. The van der Waals surface area contributed by atoms with Gasteiger partial charge in [0, 0.05) is 31.6 Å². The number of unbranched alkanes of at least 4 members (excludes halogenated alkanes) is 3. The quantitative estimate of drug-likeness (QED) is 0.683. The average Bonchev–Trinajstić information content (AvgIpc) is 2.57. The molecule has 0 bridgehead atoms. The molecule has 2 amide bonds. The lowest BCUT2D eigenvalue weighted by Gasteiger charge is -2.26. The van der Waals surface area contributed by atoms with Gasteiger partial charge in [0.15, 0.2) is 0 Å². The molecule has 0 saturated carbocycles. The first-order valence-electron chi connectivity index (χ1n) is 9.05. The third-order valence-corrected chi connectivity index (χ3v) is 4.36. The Morgan fingerprint density at radius 2 is 2.00 bits per heavy atom. The number of carbonyl (C=O) groups is 2. The highest BCUT2D eigenvalue weighted by Crippen LogP contribution is 2.17. The van der Waals surface area contributed by atoms with Crippen molar-refractivity contribution in [2.75, 3.05) is 18.4 Å². The molecule has 5 heteroatoms. The molecule has 1 aliphatic rings. The van der Waals surface area contributed by atoms with Crippen LogP contribution in [0, 0.1) is 0 Å². The van der Waals surface area contributed by atoms with E-state index in [1.54, 1.807) is 0 Å². The Kier molecular flexibility index (Phi) is 7.75. The third kappa shape index (κ3) is 6.32. The van der Waals surface area contributed by atoms with Crippen molar-refractivity contribution in [3.8, 4) is 0 Å². The van der Waals surface area contributed by atoms with Gasteiger partial charge in [-0.2, -0.15) is 0 Å². The van der Waals surface area contributed by atoms with Crippen molar-refractivity contribution in [3.05, 3.63) is 29.8 Å². The van der Waals surface area contributed by atoms with Gasteiger partial charge in [0.2, 0.25) is 11.8 Å². The van der Waals surface area contributed by atoms with Crippen LogP contribution >= 0.6 is 0 Å². The lowest BCUT2D eigenvalue weighted by molar-refractivity contribution is -0.133. The number of benzene rings is 1. The summed E-state index contributed by atoms with van der Waals surface area (Å²) in [6.07, 6.45) is 7.32. The van der Waals surface area contributed by atoms with E-state index in [0.29, 0.717) is 19.4 Å². The van der Waals surface area contributed by atoms with Gasteiger partial charge in [-0.05, 0) is 49.9 Å². The molecule has 1 heterocycles. The molecule has 1 aliphatic heterocycles. The second kappa shape index (κ2) is 10.1. The Hall–Kier alpha value is -1.88. The molecule has 3 N–H and O–H groups in total. The van der Waals surface area contributed by atoms with Gasteiger partial charge < -0.3 is 16.0 Å². The van der Waals surface area contributed by atoms with E-state index in [9.17, 15) is 9.59 Å². The van der Waals surface area contributed by atoms with Crippen LogP contribution in [0.3, 0.4) is 0 Å². The SMILES string of the molecule is NCCCCCCC(=O)Nc1cccc(CN2CCCCC2=O)c1. The number of amides is 2. The molecular formula is C19H29N3O2. The third-order valence-electron chi connectivity index (χ3n) is 4.36. The monoisotopic (exact) mass is 331 g/mol. The molecule has 132 valence electrons. The fourth-order valence-corrected chi connectivity index (χ4v) is 3.00. The second-order valence-corrected chi connectivity index (χ2v) is 6.47. The smallest absolute Gasteiger partial charge is 0.224 e. The zero-order chi connectivity index (χ0) is 17.2. The zero-order valence-corrected chi connectivity index (χ0v) is 14.4. The van der Waals surface area contributed by atoms with E-state index >= 15 is 0 Å². The molecule has 0 atom stereocenters. The molecule has 0 radical (unpaired) electrons. The van der Waals surface area contributed by atoms with Crippen molar-refractivity contribution in [2.24, 2.45) is 5.73 Å². The summed E-state index contributed by atoms with van der Waals surface area (Å²) in [5.74, 6) is 0.280. The lowest BCUT2D eigenvalue weighted by Crippen LogP contribution is -2.34. The van der Waals surface area contributed by atoms with Gasteiger partial charge in [0.25, 0.3) is 0 Å². The van der Waals surface area contributed by atoms with E-state index in [-0.39, 0.29) is 11.8 Å². The van der Waals surface area contributed by atoms with E-state index in [1.165, 1.54) is 0 Å². The Labute approximate surface area is 144 Å². The molecule has 1 saturated heterocycles. The van der Waals surface area contributed by atoms with E-state index in [1.807, 2.05) is 29.2 Å². The Morgan fingerprint density at radius 1 is 1.17 bits per heavy atom. The van der Waals surface area contributed by atoms with Gasteiger partial charge in [-0.1, -0.05) is 25.0 Å². The summed E-state index contributed by atoms with van der Waals surface area (Å²) in [4.78, 5) is 25.8. The molecule has 0 aliphatic carbocycles. The predicted octanol–water partition coefficient (Wildman–Crippen LogP) is 3.05. The summed E-state index contributed by atoms with van der Waals surface area (Å²) in [7, 11) is 0. The van der Waals surface area contributed by atoms with E-state index in [2.05, 4.69) is 5.32 Å². The molecule has 1 fully saturated rings. The minimum Gasteiger partial charge on any atom is -0.338 e. The molecule has 24 heavy (non-hydrogen) atoms. The highest BCUT2D eigenvalue weighted by atomic mass is 16.2. The summed E-state index contributed by atoms with van der Waals surface area (Å²) in [6.45, 7) is 2.18. The summed E-state index contributed by atoms with van der Waals surface area (Å²) < 4.78 is 0. The Bertz CT molecular complexity index is 545. The number of anilines is 1. The normalized spacial score (nSPS) is 14.7. The van der Waals surface area contributed by atoms with Crippen LogP contribution in [0.5, 0.6) is 0 Å². The number of nitrogens with one attached hydrogen (secondary N) is 1. The summed E-state index contributed by atoms with van der Waals surface area (Å²) in [5, 5.41) is 2.95. The summed E-state index contributed by atoms with van der Waals surface area (Å²) in [5.41, 5.74) is 7.33. The number of nitrogens with zero attached hydrogens (tertiary/aromatic N) is 1. The minimum absolute atomic E-state index is 0.0500. The Morgan fingerprint density at radius 3 is 2.79 bits per heavy atom. The van der Waals surface area contributed by atoms with Gasteiger partial charge in [0.05, 0.1) is 0 Å². The van der Waals surface area contributed by atoms with Gasteiger partial charge in [-0.25, -0.2) is 0 Å². The molecule has 0 aromatic heterocycles. The van der Waals surface area contributed by atoms with Gasteiger partial charge in [-0.15, -0.1) is 0 Å². The Balaban J connectivity index is 1.79. The highest BCUT2D eigenvalue weighted by Gasteiger charge is 2.18. The van der Waals surface area contributed by atoms with Crippen LogP contribution in [0.4, 0.5) is 5.69 Å². The number of hydrogen-bond acceptors (Lipinski definition) is 3. The van der Waals surface area contributed by atoms with Gasteiger partial charge >= 0.3 is 0 Å². The fourth-order valence-electron chi connectivity index (χ4n) is 3.00. The maximum absolute atomic E-state index is 12.0. The lowest BCUT2D eigenvalue weighted by atomic mass is 10.1. The molecule has 0 spiro atoms. The summed E-state index contributed by atoms with van der Waals surface area (Å²) >= 11 is 0. The van der Waals surface area contributed by atoms with Crippen molar-refractivity contribution in [3.63, 3.8) is 0 Å². The van der Waals surface area contributed by atoms with Gasteiger partial charge in [-0.3, -0.25) is 9.59 Å². The van der Waals surface area contributed by atoms with Crippen LogP contribution in [0.15, 0.2) is 24.3 Å². The first-order valence-corrected chi connectivity index (χ1v) is 9.05. The van der Waals surface area contributed by atoms with Crippen LogP contribution < -0.4 is 11.1 Å². The van der Waals surface area contributed by atoms with Gasteiger partial charge in [0.1, 0.15) is 0 Å². The topological polar surface area (TPSA) is 75.4 Å². The first-order chi connectivity index (χ1) is 11.7. The van der Waals surface area contributed by atoms with Crippen molar-refractivity contribution in [1.29, 1.82) is 0 Å². The molecule has 5 nitrogen and oxygen atoms in total. The van der Waals surface area contributed by atoms with Crippen LogP contribution in [-0.4, -0.2) is 29.8 Å². The summed E-state index contributed by atoms with van der Waals surface area (Å²) in [6, 6.07) is 7.80. The standard InChI is InChI=1S/C19H29N3O2/c20-12-5-2-1-3-10-18(23)21-17-9-7-8-16(14-17)15-22-13-6-4-11-19(22)24/h7-9,14H,1-6,10-13,15,20H2,(H,21,23). The average molecular weight is 331 g/mol. The fraction of sp³-hybridized carbons (Fsp3) is 0.579. The maximum atomic E-state index is 12.0. The largest absolute Gasteiger partial charge is 0.338 e. The van der Waals surface area contributed by atoms with Crippen molar-refractivity contribution in [2.45, 2.75) is 57.9 Å². The molecular weight excluding hydrogens is 302 g/mol. The number of nitrogens with two attached hydrogens (primary N) is 1. The maximum Gasteiger partial charge on any atom is 0.224 e.